The van der Waals surface area contributed by atoms with Crippen molar-refractivity contribution in [3.8, 4) is 11.3 Å². The SMILES string of the molecule is Nc1ncc(-c2ccc(CNC(=O)Cc3ccc(C4CCCC4)cc3)cc2)[nH]1. The lowest BCUT2D eigenvalue weighted by Crippen LogP contribution is -2.24. The molecule has 1 aromatic heterocycles. The van der Waals surface area contributed by atoms with Crippen molar-refractivity contribution in [3.05, 3.63) is 71.4 Å². The van der Waals surface area contributed by atoms with Crippen LogP contribution >= 0.6 is 0 Å². The molecular weight excluding hydrogens is 348 g/mol. The molecule has 3 aromatic rings. The summed E-state index contributed by atoms with van der Waals surface area (Å²) >= 11 is 0. The van der Waals surface area contributed by atoms with Gasteiger partial charge in [-0.15, -0.1) is 0 Å². The van der Waals surface area contributed by atoms with E-state index in [-0.39, 0.29) is 5.91 Å². The number of nitrogens with zero attached hydrogens (tertiary/aromatic N) is 1. The van der Waals surface area contributed by atoms with Crippen molar-refractivity contribution in [3.63, 3.8) is 0 Å². The van der Waals surface area contributed by atoms with Crippen LogP contribution in [0.4, 0.5) is 5.95 Å². The number of nitrogen functional groups attached to an aromatic ring is 1. The zero-order valence-electron chi connectivity index (χ0n) is 15.9. The fourth-order valence-corrected chi connectivity index (χ4v) is 3.90. The zero-order valence-corrected chi connectivity index (χ0v) is 15.9. The third-order valence-electron chi connectivity index (χ3n) is 5.52. The van der Waals surface area contributed by atoms with Crippen molar-refractivity contribution in [2.45, 2.75) is 44.6 Å². The Bertz CT molecular complexity index is 922. The van der Waals surface area contributed by atoms with Gasteiger partial charge in [0.2, 0.25) is 5.91 Å². The van der Waals surface area contributed by atoms with Gasteiger partial charge in [0.25, 0.3) is 0 Å². The highest BCUT2D eigenvalue weighted by atomic mass is 16.1. The molecule has 4 rings (SSSR count). The minimum atomic E-state index is 0.0408. The minimum Gasteiger partial charge on any atom is -0.369 e. The third kappa shape index (κ3) is 4.42. The summed E-state index contributed by atoms with van der Waals surface area (Å²) in [6.07, 6.45) is 7.40. The van der Waals surface area contributed by atoms with Gasteiger partial charge in [-0.25, -0.2) is 4.98 Å². The molecule has 4 N–H and O–H groups in total. The van der Waals surface area contributed by atoms with Crippen molar-refractivity contribution in [2.75, 3.05) is 5.73 Å². The summed E-state index contributed by atoms with van der Waals surface area (Å²) in [5.41, 5.74) is 11.1. The maximum atomic E-state index is 12.3. The van der Waals surface area contributed by atoms with Crippen LogP contribution in [0.2, 0.25) is 0 Å². The highest BCUT2D eigenvalue weighted by Gasteiger charge is 2.16. The average molecular weight is 374 g/mol. The molecule has 1 heterocycles. The molecule has 0 spiro atoms. The zero-order chi connectivity index (χ0) is 19.3. The van der Waals surface area contributed by atoms with E-state index in [0.717, 1.165) is 22.4 Å². The van der Waals surface area contributed by atoms with Gasteiger partial charge < -0.3 is 16.0 Å². The molecule has 1 saturated carbocycles. The molecule has 0 radical (unpaired) electrons. The summed E-state index contributed by atoms with van der Waals surface area (Å²) in [6, 6.07) is 16.6. The van der Waals surface area contributed by atoms with E-state index >= 15 is 0 Å². The van der Waals surface area contributed by atoms with E-state index in [9.17, 15) is 4.79 Å². The topological polar surface area (TPSA) is 83.8 Å². The molecular formula is C23H26N4O. The van der Waals surface area contributed by atoms with Gasteiger partial charge in [-0.05, 0) is 41.0 Å². The van der Waals surface area contributed by atoms with Gasteiger partial charge in [0.15, 0.2) is 5.95 Å². The molecule has 0 atom stereocenters. The van der Waals surface area contributed by atoms with Crippen molar-refractivity contribution < 1.29 is 4.79 Å². The molecule has 5 heteroatoms. The Kier molecular flexibility index (Phi) is 5.42. The van der Waals surface area contributed by atoms with Gasteiger partial charge in [0.1, 0.15) is 0 Å². The Balaban J connectivity index is 1.28. The van der Waals surface area contributed by atoms with E-state index < -0.39 is 0 Å². The minimum absolute atomic E-state index is 0.0408. The van der Waals surface area contributed by atoms with Crippen molar-refractivity contribution in [1.29, 1.82) is 0 Å². The Hall–Kier alpha value is -3.08. The Morgan fingerprint density at radius 3 is 2.36 bits per heavy atom. The van der Waals surface area contributed by atoms with Crippen LogP contribution in [0.1, 0.15) is 48.3 Å². The lowest BCUT2D eigenvalue weighted by molar-refractivity contribution is -0.120. The quantitative estimate of drug-likeness (QED) is 0.605. The predicted molar refractivity (Wildman–Crippen MR) is 112 cm³/mol. The monoisotopic (exact) mass is 374 g/mol. The number of aromatic nitrogens is 2. The number of H-pyrrole nitrogens is 1. The summed E-state index contributed by atoms with van der Waals surface area (Å²) in [4.78, 5) is 19.3. The second kappa shape index (κ2) is 8.30. The van der Waals surface area contributed by atoms with Crippen LogP contribution in [0, 0.1) is 0 Å². The number of imidazole rings is 1. The largest absolute Gasteiger partial charge is 0.369 e. The van der Waals surface area contributed by atoms with Gasteiger partial charge in [-0.2, -0.15) is 0 Å². The number of hydrogen-bond acceptors (Lipinski definition) is 3. The molecule has 2 aromatic carbocycles. The van der Waals surface area contributed by atoms with E-state index in [1.165, 1.54) is 31.2 Å². The molecule has 5 nitrogen and oxygen atoms in total. The third-order valence-corrected chi connectivity index (χ3v) is 5.52. The second-order valence-electron chi connectivity index (χ2n) is 7.56. The van der Waals surface area contributed by atoms with E-state index in [1.54, 1.807) is 6.20 Å². The number of hydrogen-bond donors (Lipinski definition) is 3. The van der Waals surface area contributed by atoms with Crippen molar-refractivity contribution >= 4 is 11.9 Å². The van der Waals surface area contributed by atoms with Gasteiger partial charge in [0, 0.05) is 6.54 Å². The van der Waals surface area contributed by atoms with Gasteiger partial charge in [-0.3, -0.25) is 4.79 Å². The van der Waals surface area contributed by atoms with Crippen molar-refractivity contribution in [2.24, 2.45) is 0 Å². The molecule has 1 fully saturated rings. The van der Waals surface area contributed by atoms with Crippen LogP contribution in [-0.4, -0.2) is 15.9 Å². The predicted octanol–water partition coefficient (Wildman–Crippen LogP) is 4.18. The van der Waals surface area contributed by atoms with Gasteiger partial charge in [0.05, 0.1) is 18.3 Å². The van der Waals surface area contributed by atoms with E-state index in [4.69, 9.17) is 5.73 Å². The first kappa shape index (κ1) is 18.3. The number of carbonyl (C=O) groups is 1. The molecule has 1 amide bonds. The number of anilines is 1. The number of aromatic amines is 1. The standard InChI is InChI=1S/C23H26N4O/c24-23-26-15-21(27-23)20-11-7-17(8-12-20)14-25-22(28)13-16-5-9-19(10-6-16)18-3-1-2-4-18/h5-12,15,18H,1-4,13-14H2,(H,25,28)(H3,24,26,27). The number of carbonyl (C=O) groups excluding carboxylic acids is 1. The van der Waals surface area contributed by atoms with Crippen molar-refractivity contribution in [1.82, 2.24) is 15.3 Å². The Morgan fingerprint density at radius 1 is 1.04 bits per heavy atom. The van der Waals surface area contributed by atoms with Crippen LogP contribution in [0.25, 0.3) is 11.3 Å². The summed E-state index contributed by atoms with van der Waals surface area (Å²) in [7, 11) is 0. The maximum Gasteiger partial charge on any atom is 0.224 e. The van der Waals surface area contributed by atoms with Gasteiger partial charge in [-0.1, -0.05) is 61.4 Å². The number of nitrogens with two attached hydrogens (primary N) is 1. The maximum absolute atomic E-state index is 12.3. The van der Waals surface area contributed by atoms with Crippen LogP contribution in [0.15, 0.2) is 54.7 Å². The molecule has 0 saturated heterocycles. The summed E-state index contributed by atoms with van der Waals surface area (Å²) in [5.74, 6) is 1.16. The Labute approximate surface area is 165 Å². The summed E-state index contributed by atoms with van der Waals surface area (Å²) in [5, 5.41) is 3.00. The average Bonchev–Trinajstić information content (AvgIpc) is 3.39. The molecule has 28 heavy (non-hydrogen) atoms. The fourth-order valence-electron chi connectivity index (χ4n) is 3.90. The lowest BCUT2D eigenvalue weighted by Gasteiger charge is -2.10. The first-order valence-electron chi connectivity index (χ1n) is 9.93. The summed E-state index contributed by atoms with van der Waals surface area (Å²) < 4.78 is 0. The number of rotatable bonds is 6. The normalized spacial score (nSPS) is 14.3. The van der Waals surface area contributed by atoms with Crippen LogP contribution in [0.5, 0.6) is 0 Å². The number of amides is 1. The summed E-state index contributed by atoms with van der Waals surface area (Å²) in [6.45, 7) is 0.518. The number of benzene rings is 2. The molecule has 1 aliphatic rings. The van der Waals surface area contributed by atoms with Crippen LogP contribution < -0.4 is 11.1 Å². The number of nitrogens with one attached hydrogen (secondary N) is 2. The lowest BCUT2D eigenvalue weighted by atomic mass is 9.96. The molecule has 1 aliphatic carbocycles. The second-order valence-corrected chi connectivity index (χ2v) is 7.56. The van der Waals surface area contributed by atoms with Gasteiger partial charge >= 0.3 is 0 Å². The van der Waals surface area contributed by atoms with Crippen LogP contribution in [0.3, 0.4) is 0 Å². The van der Waals surface area contributed by atoms with Crippen LogP contribution in [-0.2, 0) is 17.8 Å². The fraction of sp³-hybridized carbons (Fsp3) is 0.304. The first-order valence-corrected chi connectivity index (χ1v) is 9.93. The van der Waals surface area contributed by atoms with E-state index in [2.05, 4.69) is 39.6 Å². The molecule has 0 aliphatic heterocycles. The highest BCUT2D eigenvalue weighted by Crippen LogP contribution is 2.33. The smallest absolute Gasteiger partial charge is 0.224 e. The molecule has 144 valence electrons. The Morgan fingerprint density at radius 2 is 1.71 bits per heavy atom. The molecule has 0 bridgehead atoms. The van der Waals surface area contributed by atoms with E-state index in [1.807, 2.05) is 24.3 Å². The highest BCUT2D eigenvalue weighted by molar-refractivity contribution is 5.78. The van der Waals surface area contributed by atoms with E-state index in [0.29, 0.717) is 24.8 Å². The molecule has 0 unspecified atom stereocenters. The first-order chi connectivity index (χ1) is 13.7.